The molecule has 0 unspecified atom stereocenters. The van der Waals surface area contributed by atoms with Gasteiger partial charge in [0.15, 0.2) is 0 Å². The van der Waals surface area contributed by atoms with E-state index in [-0.39, 0.29) is 0 Å². The fourth-order valence-electron chi connectivity index (χ4n) is 6.81. The second-order valence-corrected chi connectivity index (χ2v) is 11.8. The summed E-state index contributed by atoms with van der Waals surface area (Å²) in [6.07, 6.45) is 0. The number of hydrogen-bond donors (Lipinski definition) is 0. The number of rotatable bonds is 5. The quantitative estimate of drug-likeness (QED) is 0.180. The summed E-state index contributed by atoms with van der Waals surface area (Å²) in [5.74, 6) is 0. The van der Waals surface area contributed by atoms with Crippen LogP contribution in [0.1, 0.15) is 5.56 Å². The van der Waals surface area contributed by atoms with Gasteiger partial charge in [0.2, 0.25) is 0 Å². The van der Waals surface area contributed by atoms with Gasteiger partial charge in [0.1, 0.15) is 0 Å². The molecule has 0 heteroatoms. The predicted octanol–water partition coefficient (Wildman–Crippen LogP) is 12.6. The maximum atomic E-state index is 2.37. The van der Waals surface area contributed by atoms with Crippen LogP contribution in [-0.2, 0) is 0 Å². The maximum Gasteiger partial charge on any atom is -0.00262 e. The molecule has 8 aromatic carbocycles. The van der Waals surface area contributed by atoms with Gasteiger partial charge in [-0.1, -0.05) is 164 Å². The Kier molecular flexibility index (Phi) is 6.81. The van der Waals surface area contributed by atoms with Crippen LogP contribution in [0.2, 0.25) is 0 Å². The lowest BCUT2D eigenvalue weighted by atomic mass is 9.85. The van der Waals surface area contributed by atoms with Crippen LogP contribution < -0.4 is 0 Å². The van der Waals surface area contributed by atoms with E-state index in [4.69, 9.17) is 0 Å². The third-order valence-electron chi connectivity index (χ3n) is 8.88. The van der Waals surface area contributed by atoms with E-state index in [2.05, 4.69) is 183 Å². The molecule has 0 bridgehead atoms. The van der Waals surface area contributed by atoms with Gasteiger partial charge >= 0.3 is 0 Å². The first-order chi connectivity index (χ1) is 22.2. The largest absolute Gasteiger partial charge is 0.0622 e. The second-order valence-electron chi connectivity index (χ2n) is 11.8. The molecule has 0 aliphatic carbocycles. The molecule has 0 nitrogen and oxygen atoms in total. The summed E-state index contributed by atoms with van der Waals surface area (Å²) >= 11 is 0. The molecule has 0 aliphatic rings. The van der Waals surface area contributed by atoms with Crippen LogP contribution >= 0.6 is 0 Å². The Hall–Kier alpha value is -5.72. The molecule has 0 fully saturated rings. The van der Waals surface area contributed by atoms with Gasteiger partial charge < -0.3 is 0 Å². The number of fused-ring (bicyclic) bond motifs is 2. The van der Waals surface area contributed by atoms with Crippen molar-refractivity contribution in [2.75, 3.05) is 0 Å². The summed E-state index contributed by atoms with van der Waals surface area (Å²) in [7, 11) is 0. The van der Waals surface area contributed by atoms with Gasteiger partial charge in [0.05, 0.1) is 0 Å². The van der Waals surface area contributed by atoms with E-state index in [0.717, 1.165) is 0 Å². The van der Waals surface area contributed by atoms with Gasteiger partial charge in [-0.25, -0.2) is 0 Å². The molecular formula is C45H32. The van der Waals surface area contributed by atoms with Crippen LogP contribution in [0.15, 0.2) is 176 Å². The molecule has 0 radical (unpaired) electrons. The zero-order valence-electron chi connectivity index (χ0n) is 25.2. The molecule has 0 heterocycles. The minimum Gasteiger partial charge on any atom is -0.0622 e. The van der Waals surface area contributed by atoms with Gasteiger partial charge in [0.25, 0.3) is 0 Å². The van der Waals surface area contributed by atoms with Crippen molar-refractivity contribution in [3.63, 3.8) is 0 Å². The number of benzene rings is 8. The summed E-state index contributed by atoms with van der Waals surface area (Å²) in [5.41, 5.74) is 13.7. The SMILES string of the molecule is Cc1cc(-c2ccc(-c3ccccc3)cc2)cc(-c2cccc(-c3c4ccccc4c(-c4ccccc4)c4ccccc34)c2)c1. The summed E-state index contributed by atoms with van der Waals surface area (Å²) in [5, 5.41) is 5.10. The van der Waals surface area contributed by atoms with Crippen molar-refractivity contribution in [1.82, 2.24) is 0 Å². The predicted molar refractivity (Wildman–Crippen MR) is 193 cm³/mol. The molecule has 0 aromatic heterocycles. The molecule has 0 spiro atoms. The fraction of sp³-hybridized carbons (Fsp3) is 0.0222. The van der Waals surface area contributed by atoms with E-state index in [1.165, 1.54) is 82.7 Å². The van der Waals surface area contributed by atoms with Crippen LogP contribution in [0.4, 0.5) is 0 Å². The molecule has 0 aliphatic heterocycles. The van der Waals surface area contributed by atoms with Gasteiger partial charge in [-0.05, 0) is 102 Å². The maximum absolute atomic E-state index is 2.37. The molecule has 0 amide bonds. The number of aryl methyl sites for hydroxylation is 1. The molecule has 0 saturated heterocycles. The van der Waals surface area contributed by atoms with Crippen molar-refractivity contribution in [2.24, 2.45) is 0 Å². The van der Waals surface area contributed by atoms with Gasteiger partial charge in [-0.3, -0.25) is 0 Å². The smallest absolute Gasteiger partial charge is 0.00262 e. The van der Waals surface area contributed by atoms with Crippen LogP contribution in [0.25, 0.3) is 77.2 Å². The third kappa shape index (κ3) is 5.01. The lowest BCUT2D eigenvalue weighted by molar-refractivity contribution is 1.46. The Labute approximate surface area is 264 Å². The summed E-state index contributed by atoms with van der Waals surface area (Å²) < 4.78 is 0. The van der Waals surface area contributed by atoms with Gasteiger partial charge in [-0.15, -0.1) is 0 Å². The normalized spacial score (nSPS) is 11.2. The zero-order valence-corrected chi connectivity index (χ0v) is 25.2. The molecular weight excluding hydrogens is 540 g/mol. The van der Waals surface area contributed by atoms with E-state index in [1.807, 2.05) is 0 Å². The van der Waals surface area contributed by atoms with E-state index in [9.17, 15) is 0 Å². The van der Waals surface area contributed by atoms with Crippen LogP contribution in [-0.4, -0.2) is 0 Å². The standard InChI is InChI=1S/C45H32/c1-31-27-38(34-25-23-33(24-26-34)32-13-4-2-5-14-32)30-39(28-31)36-17-12-18-37(29-36)45-42-21-10-8-19-40(42)44(35-15-6-3-7-16-35)41-20-9-11-22-43(41)45/h2-30H,1H3. The van der Waals surface area contributed by atoms with Crippen LogP contribution in [0.5, 0.6) is 0 Å². The molecule has 0 saturated carbocycles. The van der Waals surface area contributed by atoms with Crippen molar-refractivity contribution in [1.29, 1.82) is 0 Å². The van der Waals surface area contributed by atoms with Crippen molar-refractivity contribution < 1.29 is 0 Å². The molecule has 0 N–H and O–H groups in total. The lowest BCUT2D eigenvalue weighted by Gasteiger charge is -2.18. The highest BCUT2D eigenvalue weighted by Crippen LogP contribution is 2.44. The highest BCUT2D eigenvalue weighted by molar-refractivity contribution is 6.21. The zero-order chi connectivity index (χ0) is 30.2. The van der Waals surface area contributed by atoms with Crippen LogP contribution in [0.3, 0.4) is 0 Å². The fourth-order valence-corrected chi connectivity index (χ4v) is 6.81. The Bertz CT molecular complexity index is 2240. The monoisotopic (exact) mass is 572 g/mol. The topological polar surface area (TPSA) is 0 Å². The van der Waals surface area contributed by atoms with Crippen molar-refractivity contribution in [2.45, 2.75) is 6.92 Å². The minimum absolute atomic E-state index is 1.22. The first-order valence-corrected chi connectivity index (χ1v) is 15.6. The Morgan fingerprint density at radius 2 is 0.600 bits per heavy atom. The number of hydrogen-bond acceptors (Lipinski definition) is 0. The first kappa shape index (κ1) is 26.9. The van der Waals surface area contributed by atoms with Crippen LogP contribution in [0, 0.1) is 6.92 Å². The van der Waals surface area contributed by atoms with E-state index < -0.39 is 0 Å². The molecule has 0 atom stereocenters. The van der Waals surface area contributed by atoms with Crippen molar-refractivity contribution in [3.8, 4) is 55.6 Å². The Morgan fingerprint density at radius 3 is 1.16 bits per heavy atom. The Morgan fingerprint density at radius 1 is 0.244 bits per heavy atom. The summed E-state index contributed by atoms with van der Waals surface area (Å²) in [6.45, 7) is 2.19. The van der Waals surface area contributed by atoms with E-state index >= 15 is 0 Å². The average molecular weight is 573 g/mol. The highest BCUT2D eigenvalue weighted by atomic mass is 14.2. The molecule has 45 heavy (non-hydrogen) atoms. The second kappa shape index (κ2) is 11.4. The highest BCUT2D eigenvalue weighted by Gasteiger charge is 2.17. The third-order valence-corrected chi connectivity index (χ3v) is 8.88. The minimum atomic E-state index is 1.22. The van der Waals surface area contributed by atoms with Gasteiger partial charge in [-0.2, -0.15) is 0 Å². The summed E-state index contributed by atoms with van der Waals surface area (Å²) in [6, 6.07) is 64.0. The average Bonchev–Trinajstić information content (AvgIpc) is 3.11. The summed E-state index contributed by atoms with van der Waals surface area (Å²) in [4.78, 5) is 0. The van der Waals surface area contributed by atoms with E-state index in [0.29, 0.717) is 0 Å². The Balaban J connectivity index is 1.26. The molecule has 8 aromatic rings. The van der Waals surface area contributed by atoms with Crippen molar-refractivity contribution >= 4 is 21.5 Å². The van der Waals surface area contributed by atoms with E-state index in [1.54, 1.807) is 0 Å². The lowest BCUT2D eigenvalue weighted by Crippen LogP contribution is -1.91. The molecule has 212 valence electrons. The molecule has 8 rings (SSSR count). The first-order valence-electron chi connectivity index (χ1n) is 15.6. The van der Waals surface area contributed by atoms with Crippen molar-refractivity contribution in [3.05, 3.63) is 181 Å². The van der Waals surface area contributed by atoms with Gasteiger partial charge in [0, 0.05) is 0 Å².